The quantitative estimate of drug-likeness (QED) is 0.864. The number of halogens is 1. The fourth-order valence-electron chi connectivity index (χ4n) is 4.12. The van der Waals surface area contributed by atoms with Crippen molar-refractivity contribution in [3.63, 3.8) is 0 Å². The number of rotatable bonds is 4. The highest BCUT2D eigenvalue weighted by Gasteiger charge is 2.44. The Morgan fingerprint density at radius 3 is 2.81 bits per heavy atom. The molecule has 0 radical (unpaired) electrons. The predicted molar refractivity (Wildman–Crippen MR) is 107 cm³/mol. The zero-order chi connectivity index (χ0) is 17.3. The van der Waals surface area contributed by atoms with E-state index in [0.29, 0.717) is 12.5 Å². The molecule has 1 unspecified atom stereocenters. The second-order valence-electron chi connectivity index (χ2n) is 7.23. The number of piperidine rings is 1. The Labute approximate surface area is 164 Å². The molecule has 2 aliphatic heterocycles. The number of nitrogens with zero attached hydrogens (tertiary/aromatic N) is 2. The molecule has 2 saturated heterocycles. The van der Waals surface area contributed by atoms with Crippen molar-refractivity contribution >= 4 is 39.9 Å². The van der Waals surface area contributed by atoms with Gasteiger partial charge in [0.05, 0.1) is 27.2 Å². The van der Waals surface area contributed by atoms with E-state index in [4.69, 9.17) is 9.72 Å². The van der Waals surface area contributed by atoms with Gasteiger partial charge in [0.1, 0.15) is 0 Å². The van der Waals surface area contributed by atoms with Gasteiger partial charge in [-0.1, -0.05) is 12.1 Å². The van der Waals surface area contributed by atoms with Crippen LogP contribution in [0.4, 0.5) is 0 Å². The maximum absolute atomic E-state index is 13.1. The van der Waals surface area contributed by atoms with Crippen molar-refractivity contribution in [1.29, 1.82) is 0 Å². The van der Waals surface area contributed by atoms with Crippen LogP contribution >= 0.6 is 23.7 Å². The number of hydrogen-bond donors (Lipinski definition) is 1. The number of amides is 1. The van der Waals surface area contributed by atoms with E-state index in [1.165, 1.54) is 9.71 Å². The van der Waals surface area contributed by atoms with Crippen molar-refractivity contribution < 1.29 is 9.53 Å². The normalized spacial score (nSPS) is 24.0. The van der Waals surface area contributed by atoms with Crippen LogP contribution in [0.2, 0.25) is 0 Å². The fourth-order valence-corrected chi connectivity index (χ4v) is 5.25. The monoisotopic (exact) mass is 395 g/mol. The number of ether oxygens (including phenoxy) is 1. The molecule has 26 heavy (non-hydrogen) atoms. The highest BCUT2D eigenvalue weighted by Crippen LogP contribution is 2.36. The number of carbonyl (C=O) groups excluding carboxylic acids is 1. The molecule has 5 nitrogen and oxygen atoms in total. The number of fused-ring (bicyclic) bond motifs is 1. The second kappa shape index (κ2) is 8.21. The van der Waals surface area contributed by atoms with Crippen LogP contribution in [0.5, 0.6) is 0 Å². The molecule has 1 atom stereocenters. The minimum Gasteiger partial charge on any atom is -0.384 e. The molecule has 2 aromatic rings. The number of likely N-dealkylation sites (tertiary alicyclic amines) is 1. The van der Waals surface area contributed by atoms with Gasteiger partial charge in [0.15, 0.2) is 0 Å². The zero-order valence-electron chi connectivity index (χ0n) is 15.1. The summed E-state index contributed by atoms with van der Waals surface area (Å²) in [5.41, 5.74) is 0.731. The van der Waals surface area contributed by atoms with Gasteiger partial charge in [-0.25, -0.2) is 4.98 Å². The summed E-state index contributed by atoms with van der Waals surface area (Å²) in [5, 5.41) is 4.56. The first-order valence-electron chi connectivity index (χ1n) is 9.06. The lowest BCUT2D eigenvalue weighted by atomic mass is 9.85. The standard InChI is InChI=1S/C19H25N3O2S.ClH/c1-24-13-19(8-9-20-12-19)18(23)22-10-6-14(7-11-22)17-21-15-4-2-3-5-16(15)25-17;/h2-5,14,20H,6-13H2,1H3;1H. The van der Waals surface area contributed by atoms with Crippen LogP contribution in [0, 0.1) is 5.41 Å². The molecule has 4 rings (SSSR count). The summed E-state index contributed by atoms with van der Waals surface area (Å²) in [6, 6.07) is 8.32. The summed E-state index contributed by atoms with van der Waals surface area (Å²) in [4.78, 5) is 20.0. The highest BCUT2D eigenvalue weighted by atomic mass is 35.5. The van der Waals surface area contributed by atoms with Crippen molar-refractivity contribution in [3.05, 3.63) is 29.3 Å². The van der Waals surface area contributed by atoms with Crippen LogP contribution in [0.3, 0.4) is 0 Å². The fraction of sp³-hybridized carbons (Fsp3) is 0.579. The third-order valence-electron chi connectivity index (χ3n) is 5.56. The summed E-state index contributed by atoms with van der Waals surface area (Å²) < 4.78 is 6.63. The Bertz CT molecular complexity index is 719. The van der Waals surface area contributed by atoms with E-state index in [1.807, 2.05) is 6.07 Å². The van der Waals surface area contributed by atoms with E-state index < -0.39 is 0 Å². The number of aromatic nitrogens is 1. The van der Waals surface area contributed by atoms with Gasteiger partial charge < -0.3 is 15.0 Å². The van der Waals surface area contributed by atoms with E-state index in [-0.39, 0.29) is 23.7 Å². The highest BCUT2D eigenvalue weighted by molar-refractivity contribution is 7.18. The van der Waals surface area contributed by atoms with Crippen molar-refractivity contribution in [3.8, 4) is 0 Å². The first kappa shape index (κ1) is 19.5. The molecule has 2 fully saturated rings. The number of carbonyl (C=O) groups is 1. The first-order valence-corrected chi connectivity index (χ1v) is 9.88. The Balaban J connectivity index is 0.00000196. The smallest absolute Gasteiger partial charge is 0.232 e. The Hall–Kier alpha value is -1.21. The third kappa shape index (κ3) is 3.60. The Morgan fingerprint density at radius 2 is 2.15 bits per heavy atom. The lowest BCUT2D eigenvalue weighted by Gasteiger charge is -2.37. The minimum atomic E-state index is -0.364. The molecule has 1 N–H and O–H groups in total. The Morgan fingerprint density at radius 1 is 1.38 bits per heavy atom. The van der Waals surface area contributed by atoms with Crippen LogP contribution < -0.4 is 5.32 Å². The van der Waals surface area contributed by atoms with Crippen molar-refractivity contribution in [2.75, 3.05) is 39.9 Å². The largest absolute Gasteiger partial charge is 0.384 e. The molecule has 2 aliphatic rings. The van der Waals surface area contributed by atoms with Crippen LogP contribution in [0.25, 0.3) is 10.2 Å². The minimum absolute atomic E-state index is 0. The third-order valence-corrected chi connectivity index (χ3v) is 6.76. The van der Waals surface area contributed by atoms with Crippen LogP contribution in [-0.2, 0) is 9.53 Å². The molecular weight excluding hydrogens is 370 g/mol. The van der Waals surface area contributed by atoms with Crippen molar-refractivity contribution in [2.24, 2.45) is 5.41 Å². The average Bonchev–Trinajstić information content (AvgIpc) is 3.29. The molecule has 0 aliphatic carbocycles. The second-order valence-corrected chi connectivity index (χ2v) is 8.29. The molecule has 142 valence electrons. The summed E-state index contributed by atoms with van der Waals surface area (Å²) >= 11 is 1.80. The topological polar surface area (TPSA) is 54.5 Å². The van der Waals surface area contributed by atoms with Crippen molar-refractivity contribution in [1.82, 2.24) is 15.2 Å². The summed E-state index contributed by atoms with van der Waals surface area (Å²) in [7, 11) is 1.69. The number of thiazole rings is 1. The van der Waals surface area contributed by atoms with Gasteiger partial charge >= 0.3 is 0 Å². The van der Waals surface area contributed by atoms with Crippen molar-refractivity contribution in [2.45, 2.75) is 25.2 Å². The zero-order valence-corrected chi connectivity index (χ0v) is 16.7. The Kier molecular flexibility index (Phi) is 6.17. The number of benzene rings is 1. The van der Waals surface area contributed by atoms with E-state index in [1.54, 1.807) is 18.4 Å². The summed E-state index contributed by atoms with van der Waals surface area (Å²) in [6.45, 7) is 3.79. The molecule has 0 saturated carbocycles. The van der Waals surface area contributed by atoms with Gasteiger partial charge in [-0.15, -0.1) is 23.7 Å². The molecule has 0 bridgehead atoms. The van der Waals surface area contributed by atoms with Gasteiger partial charge in [-0.3, -0.25) is 4.79 Å². The number of hydrogen-bond acceptors (Lipinski definition) is 5. The summed E-state index contributed by atoms with van der Waals surface area (Å²) in [6.07, 6.45) is 2.88. The number of nitrogens with one attached hydrogen (secondary N) is 1. The van der Waals surface area contributed by atoms with Crippen LogP contribution in [0.15, 0.2) is 24.3 Å². The summed E-state index contributed by atoms with van der Waals surface area (Å²) in [5.74, 6) is 0.739. The molecule has 3 heterocycles. The van der Waals surface area contributed by atoms with Gasteiger partial charge in [-0.05, 0) is 37.9 Å². The lowest BCUT2D eigenvalue weighted by Crippen LogP contribution is -2.50. The van der Waals surface area contributed by atoms with Crippen LogP contribution in [-0.4, -0.2) is 55.7 Å². The van der Waals surface area contributed by atoms with Gasteiger partial charge in [0.25, 0.3) is 0 Å². The number of para-hydroxylation sites is 1. The van der Waals surface area contributed by atoms with Crippen LogP contribution in [0.1, 0.15) is 30.2 Å². The average molecular weight is 396 g/mol. The molecule has 1 aromatic heterocycles. The van der Waals surface area contributed by atoms with Gasteiger partial charge in [0.2, 0.25) is 5.91 Å². The first-order chi connectivity index (χ1) is 12.2. The molecule has 7 heteroatoms. The van der Waals surface area contributed by atoms with E-state index in [2.05, 4.69) is 28.4 Å². The maximum atomic E-state index is 13.1. The van der Waals surface area contributed by atoms with Gasteiger partial charge in [-0.2, -0.15) is 0 Å². The van der Waals surface area contributed by atoms with E-state index >= 15 is 0 Å². The lowest BCUT2D eigenvalue weighted by molar-refractivity contribution is -0.145. The molecule has 1 aromatic carbocycles. The maximum Gasteiger partial charge on any atom is 0.232 e. The SMILES string of the molecule is COCC1(C(=O)N2CCC(c3nc4ccccc4s3)CC2)CCNC1.Cl. The number of methoxy groups -OCH3 is 1. The molecule has 1 amide bonds. The van der Waals surface area contributed by atoms with Gasteiger partial charge in [0, 0.05) is 32.7 Å². The van der Waals surface area contributed by atoms with E-state index in [0.717, 1.165) is 51.0 Å². The molecular formula is C19H26ClN3O2S. The molecule has 0 spiro atoms. The predicted octanol–water partition coefficient (Wildman–Crippen LogP) is 3.05. The van der Waals surface area contributed by atoms with E-state index in [9.17, 15) is 4.79 Å².